The maximum atomic E-state index is 12.5. The predicted octanol–water partition coefficient (Wildman–Crippen LogP) is 3.55. The molecule has 0 radical (unpaired) electrons. The van der Waals surface area contributed by atoms with Gasteiger partial charge in [-0.25, -0.2) is 0 Å². The highest BCUT2D eigenvalue weighted by atomic mass is 35.5. The Morgan fingerprint density at radius 3 is 2.62 bits per heavy atom. The van der Waals surface area contributed by atoms with Gasteiger partial charge < -0.3 is 5.32 Å². The molecular weight excluding hydrogens is 342 g/mol. The molecule has 0 bridgehead atoms. The van der Waals surface area contributed by atoms with E-state index in [4.69, 9.17) is 11.6 Å². The fourth-order valence-electron chi connectivity index (χ4n) is 2.90. The summed E-state index contributed by atoms with van der Waals surface area (Å²) in [6, 6.07) is 11.4. The van der Waals surface area contributed by atoms with Gasteiger partial charge in [0.15, 0.2) is 0 Å². The Bertz CT molecular complexity index is 669. The first-order chi connectivity index (χ1) is 11.6. The van der Waals surface area contributed by atoms with E-state index in [1.165, 1.54) is 4.88 Å². The highest BCUT2D eigenvalue weighted by molar-refractivity contribution is 7.09. The molecule has 2 aromatic rings. The average molecular weight is 364 g/mol. The Balaban J connectivity index is 1.50. The van der Waals surface area contributed by atoms with E-state index < -0.39 is 0 Å². The van der Waals surface area contributed by atoms with Crippen LogP contribution in [0.2, 0.25) is 5.02 Å². The van der Waals surface area contributed by atoms with Gasteiger partial charge in [-0.15, -0.1) is 11.3 Å². The van der Waals surface area contributed by atoms with Crippen LogP contribution in [0.15, 0.2) is 41.8 Å². The summed E-state index contributed by atoms with van der Waals surface area (Å²) in [6.07, 6.45) is 0. The van der Waals surface area contributed by atoms with Crippen molar-refractivity contribution in [2.45, 2.75) is 19.5 Å². The Morgan fingerprint density at radius 1 is 1.21 bits per heavy atom. The average Bonchev–Trinajstić information content (AvgIpc) is 3.10. The third-order valence-corrected chi connectivity index (χ3v) is 5.62. The molecule has 0 saturated carbocycles. The first kappa shape index (κ1) is 17.4. The number of benzene rings is 1. The standard InChI is InChI=1S/C18H22ClN3OS/c1-14(18(23)20-17-7-3-2-6-16(17)19)22-10-8-21(9-11-22)13-15-5-4-12-24-15/h2-7,12,14H,8-11,13H2,1H3,(H,20,23)/t14-/m0/s1. The molecule has 1 aliphatic heterocycles. The van der Waals surface area contributed by atoms with Crippen LogP contribution in [0.25, 0.3) is 0 Å². The maximum absolute atomic E-state index is 12.5. The van der Waals surface area contributed by atoms with Gasteiger partial charge in [0.05, 0.1) is 16.8 Å². The van der Waals surface area contributed by atoms with Crippen LogP contribution in [0.5, 0.6) is 0 Å². The molecule has 3 rings (SSSR count). The number of rotatable bonds is 5. The minimum absolute atomic E-state index is 0.00481. The van der Waals surface area contributed by atoms with Crippen molar-refractivity contribution in [3.05, 3.63) is 51.7 Å². The summed E-state index contributed by atoms with van der Waals surface area (Å²) in [5.74, 6) is -0.00481. The fourth-order valence-corrected chi connectivity index (χ4v) is 3.83. The van der Waals surface area contributed by atoms with Gasteiger partial charge in [0, 0.05) is 37.6 Å². The highest BCUT2D eigenvalue weighted by Gasteiger charge is 2.26. The van der Waals surface area contributed by atoms with E-state index in [0.717, 1.165) is 32.7 Å². The van der Waals surface area contributed by atoms with Gasteiger partial charge in [-0.2, -0.15) is 0 Å². The van der Waals surface area contributed by atoms with Crippen LogP contribution >= 0.6 is 22.9 Å². The summed E-state index contributed by atoms with van der Waals surface area (Å²) >= 11 is 7.91. The normalized spacial score (nSPS) is 17.6. The van der Waals surface area contributed by atoms with Crippen molar-refractivity contribution in [2.24, 2.45) is 0 Å². The van der Waals surface area contributed by atoms with Gasteiger partial charge >= 0.3 is 0 Å². The number of carbonyl (C=O) groups excluding carboxylic acids is 1. The van der Waals surface area contributed by atoms with Crippen molar-refractivity contribution >= 4 is 34.5 Å². The summed E-state index contributed by atoms with van der Waals surface area (Å²) in [5.41, 5.74) is 0.673. The molecule has 0 unspecified atom stereocenters. The minimum atomic E-state index is -0.162. The Kier molecular flexibility index (Phi) is 5.89. The summed E-state index contributed by atoms with van der Waals surface area (Å²) < 4.78 is 0. The van der Waals surface area contributed by atoms with Crippen molar-refractivity contribution in [1.29, 1.82) is 0 Å². The van der Waals surface area contributed by atoms with Gasteiger partial charge in [-0.1, -0.05) is 29.8 Å². The van der Waals surface area contributed by atoms with Crippen LogP contribution in [-0.4, -0.2) is 47.9 Å². The lowest BCUT2D eigenvalue weighted by Gasteiger charge is -2.37. The zero-order valence-electron chi connectivity index (χ0n) is 13.7. The summed E-state index contributed by atoms with van der Waals surface area (Å²) in [4.78, 5) is 18.6. The van der Waals surface area contributed by atoms with Crippen LogP contribution in [0.3, 0.4) is 0 Å². The number of carbonyl (C=O) groups is 1. The second-order valence-electron chi connectivity index (χ2n) is 6.04. The molecular formula is C18H22ClN3OS. The van der Waals surface area contributed by atoms with E-state index in [1.54, 1.807) is 17.4 Å². The number of nitrogens with one attached hydrogen (secondary N) is 1. The zero-order valence-corrected chi connectivity index (χ0v) is 15.3. The molecule has 4 nitrogen and oxygen atoms in total. The fraction of sp³-hybridized carbons (Fsp3) is 0.389. The molecule has 128 valence electrons. The third kappa shape index (κ3) is 4.36. The number of halogens is 1. The van der Waals surface area contributed by atoms with Crippen molar-refractivity contribution in [3.8, 4) is 0 Å². The summed E-state index contributed by atoms with van der Waals surface area (Å²) in [5, 5.41) is 5.62. The summed E-state index contributed by atoms with van der Waals surface area (Å²) in [6.45, 7) is 6.75. The lowest BCUT2D eigenvalue weighted by atomic mass is 10.2. The van der Waals surface area contributed by atoms with Crippen LogP contribution in [0.4, 0.5) is 5.69 Å². The number of hydrogen-bond acceptors (Lipinski definition) is 4. The van der Waals surface area contributed by atoms with Crippen LogP contribution in [-0.2, 0) is 11.3 Å². The maximum Gasteiger partial charge on any atom is 0.241 e. The van der Waals surface area contributed by atoms with Crippen LogP contribution in [0.1, 0.15) is 11.8 Å². The van der Waals surface area contributed by atoms with Crippen LogP contribution in [0, 0.1) is 0 Å². The van der Waals surface area contributed by atoms with Crippen molar-refractivity contribution in [2.75, 3.05) is 31.5 Å². The zero-order chi connectivity index (χ0) is 16.9. The van der Waals surface area contributed by atoms with E-state index in [9.17, 15) is 4.79 Å². The topological polar surface area (TPSA) is 35.6 Å². The number of anilines is 1. The summed E-state index contributed by atoms with van der Waals surface area (Å²) in [7, 11) is 0. The molecule has 1 amide bonds. The van der Waals surface area contributed by atoms with Gasteiger partial charge in [0.2, 0.25) is 5.91 Å². The molecule has 1 fully saturated rings. The van der Waals surface area contributed by atoms with Crippen molar-refractivity contribution < 1.29 is 4.79 Å². The first-order valence-corrected chi connectivity index (χ1v) is 9.43. The quantitative estimate of drug-likeness (QED) is 0.882. The van der Waals surface area contributed by atoms with Crippen molar-refractivity contribution in [1.82, 2.24) is 9.80 Å². The molecule has 0 aliphatic carbocycles. The number of para-hydroxylation sites is 1. The molecule has 1 aromatic heterocycles. The van der Waals surface area contributed by atoms with E-state index in [0.29, 0.717) is 10.7 Å². The van der Waals surface area contributed by atoms with E-state index in [2.05, 4.69) is 32.6 Å². The number of thiophene rings is 1. The van der Waals surface area contributed by atoms with Crippen LogP contribution < -0.4 is 5.32 Å². The second kappa shape index (κ2) is 8.12. The lowest BCUT2D eigenvalue weighted by Crippen LogP contribution is -2.52. The van der Waals surface area contributed by atoms with Gasteiger partial charge in [-0.05, 0) is 30.5 Å². The predicted molar refractivity (Wildman–Crippen MR) is 101 cm³/mol. The first-order valence-electron chi connectivity index (χ1n) is 8.17. The van der Waals surface area contributed by atoms with Gasteiger partial charge in [0.25, 0.3) is 0 Å². The molecule has 1 aliphatic rings. The molecule has 1 atom stereocenters. The highest BCUT2D eigenvalue weighted by Crippen LogP contribution is 2.21. The largest absolute Gasteiger partial charge is 0.323 e. The van der Waals surface area contributed by atoms with Gasteiger partial charge in [-0.3, -0.25) is 14.6 Å². The molecule has 2 heterocycles. The number of hydrogen-bond donors (Lipinski definition) is 1. The third-order valence-electron chi connectivity index (χ3n) is 4.43. The molecule has 1 N–H and O–H groups in total. The molecule has 1 aromatic carbocycles. The second-order valence-corrected chi connectivity index (χ2v) is 7.48. The van der Waals surface area contributed by atoms with E-state index in [-0.39, 0.29) is 11.9 Å². The van der Waals surface area contributed by atoms with Crippen molar-refractivity contribution in [3.63, 3.8) is 0 Å². The molecule has 24 heavy (non-hydrogen) atoms. The van der Waals surface area contributed by atoms with Gasteiger partial charge in [0.1, 0.15) is 0 Å². The monoisotopic (exact) mass is 363 g/mol. The smallest absolute Gasteiger partial charge is 0.241 e. The SMILES string of the molecule is C[C@@H](C(=O)Nc1ccccc1Cl)N1CCN(Cc2cccs2)CC1. The lowest BCUT2D eigenvalue weighted by molar-refractivity contribution is -0.121. The Morgan fingerprint density at radius 2 is 1.96 bits per heavy atom. The Labute approximate surface area is 152 Å². The minimum Gasteiger partial charge on any atom is -0.323 e. The van der Waals surface area contributed by atoms with E-state index in [1.807, 2.05) is 25.1 Å². The Hall–Kier alpha value is -1.40. The van der Waals surface area contributed by atoms with E-state index >= 15 is 0 Å². The number of nitrogens with zero attached hydrogens (tertiary/aromatic N) is 2. The molecule has 6 heteroatoms. The number of piperazine rings is 1. The number of amides is 1. The molecule has 0 spiro atoms. The molecule has 1 saturated heterocycles.